The summed E-state index contributed by atoms with van der Waals surface area (Å²) in [6.07, 6.45) is -0.171. The summed E-state index contributed by atoms with van der Waals surface area (Å²) in [5.74, 6) is 0.472. The zero-order valence-corrected chi connectivity index (χ0v) is 22.8. The number of carbonyl (C=O) groups is 3. The van der Waals surface area contributed by atoms with Crippen molar-refractivity contribution in [2.75, 3.05) is 12.4 Å². The van der Waals surface area contributed by atoms with E-state index in [1.807, 2.05) is 52.0 Å². The highest BCUT2D eigenvalue weighted by Crippen LogP contribution is 2.27. The standard InChI is InChI=1S/C29H36N4O5/c1-19-7-9-21(10-8-19)18-33(26(35)16-15-25(34)30-24-17-20(2)38-32-24)27(28(36)31-29(3,4)5)22-11-13-23(37-6)14-12-22/h7-14,17,27H,15-16,18H2,1-6H3,(H,31,36)(H,30,32,34)/t27-/m0/s1. The minimum absolute atomic E-state index is 0.0780. The molecule has 3 rings (SSSR count). The minimum Gasteiger partial charge on any atom is -0.497 e. The maximum absolute atomic E-state index is 13.7. The molecule has 2 aromatic carbocycles. The molecule has 0 radical (unpaired) electrons. The third kappa shape index (κ3) is 8.19. The second kappa shape index (κ2) is 12.4. The topological polar surface area (TPSA) is 114 Å². The number of anilines is 1. The van der Waals surface area contributed by atoms with Crippen molar-refractivity contribution in [1.29, 1.82) is 0 Å². The fraction of sp³-hybridized carbons (Fsp3) is 0.379. The van der Waals surface area contributed by atoms with Crippen LogP contribution in [0.25, 0.3) is 0 Å². The fourth-order valence-electron chi connectivity index (χ4n) is 3.91. The Labute approximate surface area is 223 Å². The number of nitrogens with one attached hydrogen (secondary N) is 2. The summed E-state index contributed by atoms with van der Waals surface area (Å²) in [6.45, 7) is 9.56. The number of methoxy groups -OCH3 is 1. The third-order valence-corrected chi connectivity index (χ3v) is 5.75. The van der Waals surface area contributed by atoms with Gasteiger partial charge in [-0.25, -0.2) is 0 Å². The maximum atomic E-state index is 13.7. The molecule has 1 atom stereocenters. The molecule has 0 saturated heterocycles. The van der Waals surface area contributed by atoms with Crippen LogP contribution >= 0.6 is 0 Å². The van der Waals surface area contributed by atoms with E-state index in [4.69, 9.17) is 9.26 Å². The van der Waals surface area contributed by atoms with Gasteiger partial charge in [0, 0.05) is 31.0 Å². The highest BCUT2D eigenvalue weighted by atomic mass is 16.5. The van der Waals surface area contributed by atoms with E-state index in [0.717, 1.165) is 11.1 Å². The van der Waals surface area contributed by atoms with Crippen molar-refractivity contribution in [3.63, 3.8) is 0 Å². The van der Waals surface area contributed by atoms with Gasteiger partial charge < -0.3 is 24.8 Å². The van der Waals surface area contributed by atoms with Crippen molar-refractivity contribution in [1.82, 2.24) is 15.4 Å². The lowest BCUT2D eigenvalue weighted by Gasteiger charge is -2.34. The lowest BCUT2D eigenvalue weighted by molar-refractivity contribution is -0.142. The van der Waals surface area contributed by atoms with Crippen molar-refractivity contribution in [2.45, 2.75) is 65.6 Å². The summed E-state index contributed by atoms with van der Waals surface area (Å²) in [5, 5.41) is 9.40. The molecule has 1 heterocycles. The van der Waals surface area contributed by atoms with E-state index in [1.54, 1.807) is 44.4 Å². The lowest BCUT2D eigenvalue weighted by atomic mass is 10.00. The van der Waals surface area contributed by atoms with E-state index in [1.165, 1.54) is 4.90 Å². The van der Waals surface area contributed by atoms with Gasteiger partial charge in [-0.3, -0.25) is 14.4 Å². The minimum atomic E-state index is -0.921. The molecule has 9 heteroatoms. The number of nitrogens with zero attached hydrogens (tertiary/aromatic N) is 2. The van der Waals surface area contributed by atoms with Gasteiger partial charge in [0.15, 0.2) is 5.82 Å². The number of aromatic nitrogens is 1. The van der Waals surface area contributed by atoms with Gasteiger partial charge in [-0.15, -0.1) is 0 Å². The van der Waals surface area contributed by atoms with Crippen molar-refractivity contribution in [2.24, 2.45) is 0 Å². The van der Waals surface area contributed by atoms with Crippen LogP contribution in [0, 0.1) is 13.8 Å². The molecule has 3 amide bonds. The first-order valence-corrected chi connectivity index (χ1v) is 12.5. The summed E-state index contributed by atoms with van der Waals surface area (Å²) in [7, 11) is 1.57. The molecule has 9 nitrogen and oxygen atoms in total. The zero-order chi connectivity index (χ0) is 27.9. The molecule has 0 fully saturated rings. The van der Waals surface area contributed by atoms with E-state index in [0.29, 0.717) is 17.1 Å². The second-order valence-corrected chi connectivity index (χ2v) is 10.3. The molecule has 0 aliphatic rings. The Bertz CT molecular complexity index is 1240. The van der Waals surface area contributed by atoms with Crippen LogP contribution in [0.15, 0.2) is 59.1 Å². The fourth-order valence-corrected chi connectivity index (χ4v) is 3.91. The molecule has 0 unspecified atom stereocenters. The van der Waals surface area contributed by atoms with Gasteiger partial charge >= 0.3 is 0 Å². The molecule has 0 saturated carbocycles. The van der Waals surface area contributed by atoms with Crippen LogP contribution in [-0.2, 0) is 20.9 Å². The Morgan fingerprint density at radius 1 is 1.00 bits per heavy atom. The van der Waals surface area contributed by atoms with E-state index >= 15 is 0 Å². The summed E-state index contributed by atoms with van der Waals surface area (Å²) < 4.78 is 10.3. The highest BCUT2D eigenvalue weighted by Gasteiger charge is 2.33. The molecule has 202 valence electrons. The van der Waals surface area contributed by atoms with Gasteiger partial charge in [0.1, 0.15) is 17.6 Å². The monoisotopic (exact) mass is 520 g/mol. The summed E-state index contributed by atoms with van der Waals surface area (Å²) in [6, 6.07) is 15.5. The number of aryl methyl sites for hydroxylation is 2. The average molecular weight is 521 g/mol. The quantitative estimate of drug-likeness (QED) is 0.400. The molecular weight excluding hydrogens is 484 g/mol. The van der Waals surface area contributed by atoms with Crippen LogP contribution in [0.5, 0.6) is 5.75 Å². The SMILES string of the molecule is COc1ccc([C@@H](C(=O)NC(C)(C)C)N(Cc2ccc(C)cc2)C(=O)CCC(=O)Nc2cc(C)on2)cc1. The number of ether oxygens (including phenoxy) is 1. The van der Waals surface area contributed by atoms with Crippen molar-refractivity contribution >= 4 is 23.5 Å². The van der Waals surface area contributed by atoms with Gasteiger partial charge in [-0.2, -0.15) is 0 Å². The average Bonchev–Trinajstić information content (AvgIpc) is 3.27. The lowest BCUT2D eigenvalue weighted by Crippen LogP contribution is -2.49. The Hall–Kier alpha value is -4.14. The molecule has 3 aromatic rings. The van der Waals surface area contributed by atoms with E-state index in [9.17, 15) is 14.4 Å². The number of hydrogen-bond acceptors (Lipinski definition) is 6. The molecule has 1 aromatic heterocycles. The Balaban J connectivity index is 1.91. The zero-order valence-electron chi connectivity index (χ0n) is 22.8. The Morgan fingerprint density at radius 3 is 2.21 bits per heavy atom. The highest BCUT2D eigenvalue weighted by molar-refractivity contribution is 5.94. The van der Waals surface area contributed by atoms with Gasteiger partial charge in [0.25, 0.3) is 0 Å². The van der Waals surface area contributed by atoms with E-state index < -0.39 is 11.6 Å². The van der Waals surface area contributed by atoms with Crippen LogP contribution in [0.3, 0.4) is 0 Å². The predicted molar refractivity (Wildman–Crippen MR) is 144 cm³/mol. The largest absolute Gasteiger partial charge is 0.497 e. The molecular formula is C29H36N4O5. The first kappa shape index (κ1) is 28.4. The van der Waals surface area contributed by atoms with E-state index in [2.05, 4.69) is 15.8 Å². The summed E-state index contributed by atoms with van der Waals surface area (Å²) in [5.41, 5.74) is 2.07. The molecule has 0 aliphatic heterocycles. The van der Waals surface area contributed by atoms with Gasteiger partial charge in [-0.1, -0.05) is 47.1 Å². The summed E-state index contributed by atoms with van der Waals surface area (Å²) >= 11 is 0. The molecule has 0 spiro atoms. The van der Waals surface area contributed by atoms with Crippen LogP contribution < -0.4 is 15.4 Å². The maximum Gasteiger partial charge on any atom is 0.247 e. The second-order valence-electron chi connectivity index (χ2n) is 10.3. The predicted octanol–water partition coefficient (Wildman–Crippen LogP) is 4.70. The van der Waals surface area contributed by atoms with Gasteiger partial charge in [0.2, 0.25) is 17.7 Å². The molecule has 2 N–H and O–H groups in total. The van der Waals surface area contributed by atoms with Crippen LogP contribution in [0.1, 0.15) is 62.1 Å². The summed E-state index contributed by atoms with van der Waals surface area (Å²) in [4.78, 5) is 41.4. The van der Waals surface area contributed by atoms with Crippen LogP contribution in [0.4, 0.5) is 5.82 Å². The van der Waals surface area contributed by atoms with E-state index in [-0.39, 0.29) is 42.9 Å². The van der Waals surface area contributed by atoms with Crippen molar-refractivity contribution < 1.29 is 23.6 Å². The number of hydrogen-bond donors (Lipinski definition) is 2. The Morgan fingerprint density at radius 2 is 1.66 bits per heavy atom. The normalized spacial score (nSPS) is 11.9. The first-order valence-electron chi connectivity index (χ1n) is 12.5. The van der Waals surface area contributed by atoms with Gasteiger partial charge in [-0.05, 0) is 57.9 Å². The number of amides is 3. The number of carbonyl (C=O) groups excluding carboxylic acids is 3. The third-order valence-electron chi connectivity index (χ3n) is 5.75. The van der Waals surface area contributed by atoms with Gasteiger partial charge in [0.05, 0.1) is 7.11 Å². The van der Waals surface area contributed by atoms with Crippen molar-refractivity contribution in [3.05, 3.63) is 77.0 Å². The van der Waals surface area contributed by atoms with Crippen molar-refractivity contribution in [3.8, 4) is 5.75 Å². The first-order chi connectivity index (χ1) is 17.9. The Kier molecular flexibility index (Phi) is 9.28. The van der Waals surface area contributed by atoms with Crippen LogP contribution in [0.2, 0.25) is 0 Å². The number of rotatable bonds is 10. The molecule has 0 bridgehead atoms. The molecule has 0 aliphatic carbocycles. The van der Waals surface area contributed by atoms with Crippen LogP contribution in [-0.4, -0.2) is 40.4 Å². The molecule has 38 heavy (non-hydrogen) atoms. The number of benzene rings is 2. The smallest absolute Gasteiger partial charge is 0.247 e.